The zero-order valence-corrected chi connectivity index (χ0v) is 15.1. The van der Waals surface area contributed by atoms with Crippen molar-refractivity contribution < 1.29 is 9.53 Å². The van der Waals surface area contributed by atoms with Gasteiger partial charge in [0.05, 0.1) is 24.5 Å². The Morgan fingerprint density at radius 1 is 1.22 bits per heavy atom. The van der Waals surface area contributed by atoms with E-state index < -0.39 is 5.60 Å². The SMILES string of the molecule is CC(C)(C)OC(=O)N1CCn2nc(-c3ccc(Br)cc3)cc2C1. The first kappa shape index (κ1) is 16.1. The molecule has 1 aliphatic rings. The lowest BCUT2D eigenvalue weighted by molar-refractivity contribution is 0.0194. The zero-order valence-electron chi connectivity index (χ0n) is 13.5. The molecule has 0 aliphatic carbocycles. The predicted octanol–water partition coefficient (Wildman–Crippen LogP) is 4.06. The molecule has 5 nitrogen and oxygen atoms in total. The Balaban J connectivity index is 1.77. The molecule has 1 amide bonds. The summed E-state index contributed by atoms with van der Waals surface area (Å²) in [6.45, 7) is 7.47. The minimum Gasteiger partial charge on any atom is -0.444 e. The Morgan fingerprint density at radius 3 is 2.57 bits per heavy atom. The topological polar surface area (TPSA) is 47.4 Å². The van der Waals surface area contributed by atoms with Gasteiger partial charge in [0.25, 0.3) is 0 Å². The van der Waals surface area contributed by atoms with Crippen LogP contribution in [0.15, 0.2) is 34.8 Å². The summed E-state index contributed by atoms with van der Waals surface area (Å²) in [6, 6.07) is 10.1. The molecule has 2 heterocycles. The monoisotopic (exact) mass is 377 g/mol. The van der Waals surface area contributed by atoms with Crippen molar-refractivity contribution in [3.8, 4) is 11.3 Å². The summed E-state index contributed by atoms with van der Waals surface area (Å²) in [4.78, 5) is 13.9. The van der Waals surface area contributed by atoms with Crippen molar-refractivity contribution in [2.75, 3.05) is 6.54 Å². The largest absolute Gasteiger partial charge is 0.444 e. The first-order chi connectivity index (χ1) is 10.8. The molecule has 0 atom stereocenters. The number of aromatic nitrogens is 2. The quantitative estimate of drug-likeness (QED) is 0.752. The molecule has 0 N–H and O–H groups in total. The number of amides is 1. The second kappa shape index (κ2) is 6.00. The van der Waals surface area contributed by atoms with E-state index in [-0.39, 0.29) is 6.09 Å². The van der Waals surface area contributed by atoms with Crippen molar-refractivity contribution in [3.63, 3.8) is 0 Å². The average molecular weight is 378 g/mol. The molecule has 1 aromatic carbocycles. The van der Waals surface area contributed by atoms with Gasteiger partial charge in [0.2, 0.25) is 0 Å². The van der Waals surface area contributed by atoms with Crippen LogP contribution >= 0.6 is 15.9 Å². The minimum atomic E-state index is -0.475. The number of hydrogen-bond donors (Lipinski definition) is 0. The molecule has 122 valence electrons. The Labute approximate surface area is 144 Å². The summed E-state index contributed by atoms with van der Waals surface area (Å²) >= 11 is 3.44. The molecule has 0 fully saturated rings. The summed E-state index contributed by atoms with van der Waals surface area (Å²) in [6.07, 6.45) is -0.268. The lowest BCUT2D eigenvalue weighted by atomic mass is 10.1. The molecule has 6 heteroatoms. The van der Waals surface area contributed by atoms with Crippen LogP contribution in [-0.2, 0) is 17.8 Å². The van der Waals surface area contributed by atoms with Crippen LogP contribution in [0.25, 0.3) is 11.3 Å². The summed E-state index contributed by atoms with van der Waals surface area (Å²) in [5.41, 5.74) is 2.55. The van der Waals surface area contributed by atoms with Gasteiger partial charge in [-0.25, -0.2) is 4.79 Å². The summed E-state index contributed by atoms with van der Waals surface area (Å²) < 4.78 is 8.46. The predicted molar refractivity (Wildman–Crippen MR) is 92.0 cm³/mol. The molecule has 0 saturated heterocycles. The molecule has 1 aliphatic heterocycles. The number of carbonyl (C=O) groups excluding carboxylic acids is 1. The molecule has 3 rings (SSSR count). The van der Waals surface area contributed by atoms with Gasteiger partial charge < -0.3 is 9.64 Å². The fourth-order valence-corrected chi connectivity index (χ4v) is 2.77. The number of rotatable bonds is 1. The molecule has 1 aromatic heterocycles. The summed E-state index contributed by atoms with van der Waals surface area (Å²) in [7, 11) is 0. The fourth-order valence-electron chi connectivity index (χ4n) is 2.51. The van der Waals surface area contributed by atoms with E-state index in [0.717, 1.165) is 21.4 Å². The first-order valence-electron chi connectivity index (χ1n) is 7.62. The van der Waals surface area contributed by atoms with Gasteiger partial charge in [-0.1, -0.05) is 28.1 Å². The van der Waals surface area contributed by atoms with Crippen LogP contribution in [0, 0.1) is 0 Å². The smallest absolute Gasteiger partial charge is 0.410 e. The maximum absolute atomic E-state index is 12.2. The van der Waals surface area contributed by atoms with Crippen LogP contribution in [0.3, 0.4) is 0 Å². The van der Waals surface area contributed by atoms with Crippen molar-refractivity contribution in [1.29, 1.82) is 0 Å². The van der Waals surface area contributed by atoms with Gasteiger partial charge in [-0.05, 0) is 39.0 Å². The second-order valence-corrected chi connectivity index (χ2v) is 7.57. The molecule has 0 saturated carbocycles. The van der Waals surface area contributed by atoms with Gasteiger partial charge in [-0.2, -0.15) is 5.10 Å². The molecule has 0 bridgehead atoms. The maximum Gasteiger partial charge on any atom is 0.410 e. The highest BCUT2D eigenvalue weighted by molar-refractivity contribution is 9.10. The highest BCUT2D eigenvalue weighted by Gasteiger charge is 2.26. The van der Waals surface area contributed by atoms with Gasteiger partial charge in [0, 0.05) is 16.6 Å². The maximum atomic E-state index is 12.2. The standard InChI is InChI=1S/C17H20BrN3O2/c1-17(2,3)23-16(22)20-8-9-21-14(11-20)10-15(19-21)12-4-6-13(18)7-5-12/h4-7,10H,8-9,11H2,1-3H3. The van der Waals surface area contributed by atoms with E-state index in [0.29, 0.717) is 19.6 Å². The van der Waals surface area contributed by atoms with E-state index in [1.54, 1.807) is 4.90 Å². The number of ether oxygens (including phenoxy) is 1. The Bertz CT molecular complexity index is 716. The van der Waals surface area contributed by atoms with Crippen molar-refractivity contribution in [2.24, 2.45) is 0 Å². The van der Waals surface area contributed by atoms with Crippen LogP contribution < -0.4 is 0 Å². The number of fused-ring (bicyclic) bond motifs is 1. The molecule has 0 spiro atoms. The molecular formula is C17H20BrN3O2. The summed E-state index contributed by atoms with van der Waals surface area (Å²) in [5, 5.41) is 4.64. The van der Waals surface area contributed by atoms with E-state index in [4.69, 9.17) is 4.74 Å². The molecule has 23 heavy (non-hydrogen) atoms. The number of benzene rings is 1. The molecule has 2 aromatic rings. The van der Waals surface area contributed by atoms with E-state index in [9.17, 15) is 4.79 Å². The minimum absolute atomic E-state index is 0.268. The van der Waals surface area contributed by atoms with Gasteiger partial charge in [-0.15, -0.1) is 0 Å². The number of nitrogens with zero attached hydrogens (tertiary/aromatic N) is 3. The highest BCUT2D eigenvalue weighted by Crippen LogP contribution is 2.24. The van der Waals surface area contributed by atoms with Crippen molar-refractivity contribution in [2.45, 2.75) is 39.5 Å². The lowest BCUT2D eigenvalue weighted by Crippen LogP contribution is -2.41. The van der Waals surface area contributed by atoms with E-state index in [1.807, 2.05) is 55.8 Å². The third-order valence-corrected chi connectivity index (χ3v) is 4.12. The van der Waals surface area contributed by atoms with Crippen molar-refractivity contribution >= 4 is 22.0 Å². The third-order valence-electron chi connectivity index (χ3n) is 3.59. The molecule has 0 unspecified atom stereocenters. The Hall–Kier alpha value is -1.82. The van der Waals surface area contributed by atoms with Crippen LogP contribution in [-0.4, -0.2) is 32.9 Å². The van der Waals surface area contributed by atoms with Crippen LogP contribution in [0.4, 0.5) is 4.79 Å². The number of halogens is 1. The van der Waals surface area contributed by atoms with Crippen LogP contribution in [0.2, 0.25) is 0 Å². The van der Waals surface area contributed by atoms with E-state index in [1.165, 1.54) is 0 Å². The first-order valence-corrected chi connectivity index (χ1v) is 8.42. The molecular weight excluding hydrogens is 358 g/mol. The average Bonchev–Trinajstić information content (AvgIpc) is 2.89. The Kier molecular flexibility index (Phi) is 4.19. The van der Waals surface area contributed by atoms with Crippen molar-refractivity contribution in [1.82, 2.24) is 14.7 Å². The zero-order chi connectivity index (χ0) is 16.6. The van der Waals surface area contributed by atoms with Gasteiger partial charge >= 0.3 is 6.09 Å². The lowest BCUT2D eigenvalue weighted by Gasteiger charge is -2.30. The number of carbonyl (C=O) groups is 1. The highest BCUT2D eigenvalue weighted by atomic mass is 79.9. The molecule has 0 radical (unpaired) electrons. The second-order valence-electron chi connectivity index (χ2n) is 6.65. The van der Waals surface area contributed by atoms with Crippen molar-refractivity contribution in [3.05, 3.63) is 40.5 Å². The van der Waals surface area contributed by atoms with Gasteiger partial charge in [0.15, 0.2) is 0 Å². The summed E-state index contributed by atoms with van der Waals surface area (Å²) in [5.74, 6) is 0. The van der Waals surface area contributed by atoms with Crippen LogP contribution in [0.5, 0.6) is 0 Å². The van der Waals surface area contributed by atoms with Gasteiger partial charge in [-0.3, -0.25) is 4.68 Å². The third kappa shape index (κ3) is 3.75. The Morgan fingerprint density at radius 2 is 1.91 bits per heavy atom. The fraction of sp³-hybridized carbons (Fsp3) is 0.412. The normalized spacial score (nSPS) is 14.5. The van der Waals surface area contributed by atoms with E-state index in [2.05, 4.69) is 21.0 Å². The number of hydrogen-bond acceptors (Lipinski definition) is 3. The van der Waals surface area contributed by atoms with Crippen LogP contribution in [0.1, 0.15) is 26.5 Å². The van der Waals surface area contributed by atoms with E-state index >= 15 is 0 Å². The van der Waals surface area contributed by atoms with Gasteiger partial charge in [0.1, 0.15) is 5.60 Å².